The Hall–Kier alpha value is -7.42. The molecule has 3 radical (unpaired) electrons. The Morgan fingerprint density at radius 3 is 1.68 bits per heavy atom. The molecular formula is C42H36BF6N9NaO7. The van der Waals surface area contributed by atoms with E-state index in [4.69, 9.17) is 29.5 Å². The molecule has 8 aromatic rings. The van der Waals surface area contributed by atoms with Crippen LogP contribution in [0.15, 0.2) is 119 Å². The van der Waals surface area contributed by atoms with Crippen LogP contribution in [0.4, 0.5) is 38.0 Å². The van der Waals surface area contributed by atoms with Gasteiger partial charge in [-0.2, -0.15) is 9.97 Å². The van der Waals surface area contributed by atoms with Crippen LogP contribution in [0.1, 0.15) is 25.3 Å². The van der Waals surface area contributed by atoms with Gasteiger partial charge in [0.15, 0.2) is 40.7 Å². The molecule has 3 N–H and O–H groups in total. The predicted octanol–water partition coefficient (Wildman–Crippen LogP) is 6.60. The Kier molecular flexibility index (Phi) is 19.7. The Morgan fingerprint density at radius 1 is 0.727 bits per heavy atom. The van der Waals surface area contributed by atoms with E-state index in [0.717, 1.165) is 22.3 Å². The summed E-state index contributed by atoms with van der Waals surface area (Å²) in [4.78, 5) is 25.8. The fourth-order valence-corrected chi connectivity index (χ4v) is 5.35. The van der Waals surface area contributed by atoms with Gasteiger partial charge in [-0.3, -0.25) is 16.0 Å². The van der Waals surface area contributed by atoms with Crippen molar-refractivity contribution in [3.05, 3.63) is 121 Å². The van der Waals surface area contributed by atoms with Gasteiger partial charge in [0.05, 0.1) is 31.5 Å². The first-order valence-corrected chi connectivity index (χ1v) is 17.9. The van der Waals surface area contributed by atoms with E-state index in [1.807, 2.05) is 6.07 Å². The van der Waals surface area contributed by atoms with Gasteiger partial charge in [-0.05, 0) is 70.8 Å². The monoisotopic (exact) mass is 926 g/mol. The molecule has 337 valence electrons. The van der Waals surface area contributed by atoms with Crippen molar-refractivity contribution in [2.75, 3.05) is 25.3 Å². The third-order valence-corrected chi connectivity index (χ3v) is 8.08. The summed E-state index contributed by atoms with van der Waals surface area (Å²) in [5.41, 5.74) is 9.79. The number of benzene rings is 4. The predicted molar refractivity (Wildman–Crippen MR) is 227 cm³/mol. The smallest absolute Gasteiger partial charge is 0.481 e. The summed E-state index contributed by atoms with van der Waals surface area (Å²) in [6.45, 7) is 0.298. The number of aromatic nitrogens is 6. The number of nitrogen functional groups attached to an aromatic ring is 1. The number of nitriles is 1. The fourth-order valence-electron chi connectivity index (χ4n) is 5.35. The summed E-state index contributed by atoms with van der Waals surface area (Å²) in [6, 6.07) is 25.0. The topological polar surface area (TPSA) is 219 Å². The van der Waals surface area contributed by atoms with Crippen LogP contribution in [0.3, 0.4) is 0 Å². The molecule has 0 spiro atoms. The van der Waals surface area contributed by atoms with Crippen molar-refractivity contribution in [2.45, 2.75) is 26.7 Å². The van der Waals surface area contributed by atoms with Crippen molar-refractivity contribution in [3.63, 3.8) is 0 Å². The van der Waals surface area contributed by atoms with Crippen LogP contribution in [0.2, 0.25) is 0 Å². The summed E-state index contributed by atoms with van der Waals surface area (Å²) >= 11 is 0. The van der Waals surface area contributed by atoms with Crippen LogP contribution < -0.4 is 59.6 Å². The summed E-state index contributed by atoms with van der Waals surface area (Å²) in [6.07, 6.45) is -5.79. The third-order valence-electron chi connectivity index (χ3n) is 8.08. The molecule has 0 amide bonds. The van der Waals surface area contributed by atoms with E-state index < -0.39 is 12.7 Å². The van der Waals surface area contributed by atoms with Gasteiger partial charge in [-0.25, -0.2) is 9.97 Å². The van der Waals surface area contributed by atoms with Crippen LogP contribution in [-0.4, -0.2) is 71.3 Å². The first-order valence-electron chi connectivity index (χ1n) is 17.9. The maximum atomic E-state index is 12.3. The molecule has 0 atom stereocenters. The van der Waals surface area contributed by atoms with Crippen LogP contribution in [-0.2, 0) is 6.54 Å². The number of nitrogens with two attached hydrogens (primary N) is 1. The second-order valence-corrected chi connectivity index (χ2v) is 12.2. The van der Waals surface area contributed by atoms with Crippen LogP contribution >= 0.6 is 0 Å². The van der Waals surface area contributed by atoms with Crippen molar-refractivity contribution in [1.29, 1.82) is 5.26 Å². The van der Waals surface area contributed by atoms with Gasteiger partial charge in [0.2, 0.25) is 11.8 Å². The maximum Gasteiger partial charge on any atom is 1.00 e. The van der Waals surface area contributed by atoms with Crippen LogP contribution in [0.5, 0.6) is 23.3 Å². The van der Waals surface area contributed by atoms with Gasteiger partial charge in [-0.15, -0.1) is 26.3 Å². The number of carbonyl (C=O) groups is 1. The van der Waals surface area contributed by atoms with E-state index >= 15 is 0 Å². The molecule has 0 unspecified atom stereocenters. The molecule has 0 fully saturated rings. The molecule has 24 heteroatoms. The SMILES string of the molecule is C.COc1ccnc(C=O)n1.COc1ccnc(CNc2noc3ccc(-c4ccc(OC(F)(F)F)cc4)cc23)n1.Nc1noc2ccc(-c3ccc(OC(F)(F)F)cc3)cc12.[B-]C#N.[HH].[Na+]. The van der Waals surface area contributed by atoms with Gasteiger partial charge in [0.25, 0.3) is 0 Å². The second-order valence-electron chi connectivity index (χ2n) is 12.2. The zero-order valence-corrected chi connectivity index (χ0v) is 36.1. The van der Waals surface area contributed by atoms with Crippen molar-refractivity contribution in [1.82, 2.24) is 30.2 Å². The number of hydrogen-bond acceptors (Lipinski definition) is 16. The fraction of sp³-hybridized carbons (Fsp3) is 0.143. The molecule has 4 aromatic carbocycles. The number of anilines is 2. The molecule has 4 heterocycles. The number of halogens is 6. The standard InChI is InChI=1S/C20H15F3N4O3.C14H9F3N2O2.C6H6N2O2.CBN.CH4.Na.H2/c1-28-18-8-9-24-17(26-18)11-25-19-15-10-13(4-7-16(15)30-27-19)12-2-5-14(6-3-12)29-20(21,22)23;15-14(16,17)20-10-4-1-8(2-5-10)9-3-6-12-11(7-9)13(18)19-21-12;1-10-6-2-3-7-5(4-9)8-6;2-1-3;;;/h2-10H,11H2,1H3,(H,25,27);1-7H,(H2,18,19);2-4H,1H3;;1H4;;1H/q;;;-1;;+1;. The van der Waals surface area contributed by atoms with Gasteiger partial charge in [0.1, 0.15) is 11.5 Å². The van der Waals surface area contributed by atoms with Crippen LogP contribution in [0.25, 0.3) is 44.2 Å². The molecule has 16 nitrogen and oxygen atoms in total. The first-order chi connectivity index (χ1) is 30.6. The van der Waals surface area contributed by atoms with Gasteiger partial charge in [0, 0.05) is 26.0 Å². The number of alkyl halides is 6. The zero-order valence-electron chi connectivity index (χ0n) is 34.1. The number of hydrogen-bond donors (Lipinski definition) is 2. The molecule has 0 aliphatic heterocycles. The van der Waals surface area contributed by atoms with Crippen LogP contribution in [0, 0.1) is 11.2 Å². The average Bonchev–Trinajstić information content (AvgIpc) is 3.87. The number of carbonyl (C=O) groups excluding carboxylic acids is 1. The number of methoxy groups -OCH3 is 2. The van der Waals surface area contributed by atoms with Crippen molar-refractivity contribution < 1.29 is 90.1 Å². The van der Waals surface area contributed by atoms with E-state index in [0.29, 0.717) is 58.2 Å². The molecule has 0 saturated heterocycles. The Bertz CT molecular complexity index is 2830. The zero-order chi connectivity index (χ0) is 46.3. The number of ether oxygens (including phenoxy) is 4. The summed E-state index contributed by atoms with van der Waals surface area (Å²) in [7, 11) is 7.16. The summed E-state index contributed by atoms with van der Waals surface area (Å²) in [5.74, 6) is 2.97. The largest absolute Gasteiger partial charge is 1.00 e. The van der Waals surface area contributed by atoms with E-state index in [1.54, 1.807) is 60.8 Å². The first kappa shape index (κ1) is 52.9. The third kappa shape index (κ3) is 15.7. The molecule has 4 aromatic heterocycles. The number of nitrogens with zero attached hydrogens (tertiary/aromatic N) is 7. The summed E-state index contributed by atoms with van der Waals surface area (Å²) in [5, 5.41) is 19.3. The normalized spacial score (nSPS) is 10.4. The van der Waals surface area contributed by atoms with Crippen molar-refractivity contribution in [3.8, 4) is 51.5 Å². The Labute approximate surface area is 396 Å². The minimum absolute atomic E-state index is 0. The van der Waals surface area contributed by atoms with Gasteiger partial charge < -0.3 is 46.9 Å². The summed E-state index contributed by atoms with van der Waals surface area (Å²) < 4.78 is 101. The number of rotatable bonds is 10. The molecule has 0 aliphatic carbocycles. The van der Waals surface area contributed by atoms with E-state index in [1.165, 1.54) is 62.8 Å². The molecular weight excluding hydrogens is 890 g/mol. The quantitative estimate of drug-likeness (QED) is 0.0838. The minimum atomic E-state index is -4.73. The van der Waals surface area contributed by atoms with Gasteiger partial charge >= 0.3 is 42.3 Å². The van der Waals surface area contributed by atoms with Crippen molar-refractivity contribution >= 4 is 47.7 Å². The molecule has 66 heavy (non-hydrogen) atoms. The Morgan fingerprint density at radius 2 is 1.18 bits per heavy atom. The minimum Gasteiger partial charge on any atom is -0.481 e. The molecule has 0 bridgehead atoms. The number of aldehydes is 1. The maximum absolute atomic E-state index is 12.3. The van der Waals surface area contributed by atoms with E-state index in [-0.39, 0.29) is 61.6 Å². The van der Waals surface area contributed by atoms with Crippen molar-refractivity contribution in [2.24, 2.45) is 0 Å². The average molecular weight is 927 g/mol. The Balaban J connectivity index is 0.000000362. The molecule has 0 saturated carbocycles. The van der Waals surface area contributed by atoms with Gasteiger partial charge in [-0.1, -0.05) is 54.1 Å². The van der Waals surface area contributed by atoms with E-state index in [9.17, 15) is 31.1 Å². The number of nitrogens with one attached hydrogen (secondary N) is 1. The molecule has 0 aliphatic rings. The number of fused-ring (bicyclic) bond motifs is 2. The molecule has 8 rings (SSSR count). The van der Waals surface area contributed by atoms with E-state index in [2.05, 4.69) is 52.9 Å². The second kappa shape index (κ2) is 24.6.